The van der Waals surface area contributed by atoms with Crippen molar-refractivity contribution < 1.29 is 13.9 Å². The number of hydrogen-bond acceptors (Lipinski definition) is 3. The molecule has 7 heteroatoms. The van der Waals surface area contributed by atoms with E-state index in [1.165, 1.54) is 12.1 Å². The molecule has 1 amide bonds. The first-order valence-corrected chi connectivity index (χ1v) is 9.95. The average Bonchev–Trinajstić information content (AvgIpc) is 2.67. The van der Waals surface area contributed by atoms with Crippen LogP contribution in [0.25, 0.3) is 0 Å². The zero-order chi connectivity index (χ0) is 20.3. The molecule has 2 atom stereocenters. The van der Waals surface area contributed by atoms with Crippen LogP contribution in [0, 0.1) is 5.82 Å². The fraction of sp³-hybridized carbons (Fsp3) is 0.381. The number of rotatable bonds is 5. The second-order valence-electron chi connectivity index (χ2n) is 7.14. The Kier molecular flexibility index (Phi) is 6.81. The highest BCUT2D eigenvalue weighted by Gasteiger charge is 2.32. The molecule has 2 aromatic rings. The van der Waals surface area contributed by atoms with Gasteiger partial charge in [-0.05, 0) is 43.7 Å². The minimum absolute atomic E-state index is 0.0441. The summed E-state index contributed by atoms with van der Waals surface area (Å²) in [7, 11) is 0. The summed E-state index contributed by atoms with van der Waals surface area (Å²) in [4.78, 5) is 16.8. The lowest BCUT2D eigenvalue weighted by Crippen LogP contribution is -2.58. The summed E-state index contributed by atoms with van der Waals surface area (Å²) in [6, 6.07) is 11.9. The van der Waals surface area contributed by atoms with Gasteiger partial charge in [-0.2, -0.15) is 0 Å². The summed E-state index contributed by atoms with van der Waals surface area (Å²) >= 11 is 12.1. The molecule has 28 heavy (non-hydrogen) atoms. The Bertz CT molecular complexity index is 832. The highest BCUT2D eigenvalue weighted by atomic mass is 35.5. The molecule has 0 saturated carbocycles. The van der Waals surface area contributed by atoms with E-state index in [0.717, 1.165) is 18.7 Å². The lowest BCUT2D eigenvalue weighted by atomic mass is 10.1. The van der Waals surface area contributed by atoms with Gasteiger partial charge in [-0.1, -0.05) is 41.4 Å². The summed E-state index contributed by atoms with van der Waals surface area (Å²) in [6.07, 6.45) is 0. The van der Waals surface area contributed by atoms with Gasteiger partial charge in [0, 0.05) is 31.7 Å². The lowest BCUT2D eigenvalue weighted by molar-refractivity contribution is -0.139. The predicted octanol–water partition coefficient (Wildman–Crippen LogP) is 4.63. The van der Waals surface area contributed by atoms with Crippen LogP contribution in [0.2, 0.25) is 10.0 Å². The molecule has 0 aliphatic carbocycles. The zero-order valence-electron chi connectivity index (χ0n) is 15.9. The number of amides is 1. The Labute approximate surface area is 174 Å². The Morgan fingerprint density at radius 1 is 1.11 bits per heavy atom. The van der Waals surface area contributed by atoms with E-state index in [1.54, 1.807) is 30.3 Å². The van der Waals surface area contributed by atoms with Crippen molar-refractivity contribution in [3.8, 4) is 5.75 Å². The van der Waals surface area contributed by atoms with Crippen molar-refractivity contribution in [2.24, 2.45) is 0 Å². The van der Waals surface area contributed by atoms with E-state index in [0.29, 0.717) is 22.3 Å². The van der Waals surface area contributed by atoms with E-state index in [2.05, 4.69) is 11.8 Å². The minimum atomic E-state index is -0.236. The Balaban J connectivity index is 1.57. The molecule has 2 aromatic carbocycles. The molecule has 150 valence electrons. The van der Waals surface area contributed by atoms with Gasteiger partial charge in [-0.15, -0.1) is 0 Å². The molecular weight excluding hydrogens is 402 g/mol. The van der Waals surface area contributed by atoms with Crippen LogP contribution in [-0.4, -0.2) is 47.5 Å². The van der Waals surface area contributed by atoms with Gasteiger partial charge >= 0.3 is 0 Å². The minimum Gasteiger partial charge on any atom is -0.482 e. The smallest absolute Gasteiger partial charge is 0.260 e. The molecule has 0 unspecified atom stereocenters. The van der Waals surface area contributed by atoms with Gasteiger partial charge in [0.2, 0.25) is 0 Å². The van der Waals surface area contributed by atoms with Gasteiger partial charge in [-0.25, -0.2) is 4.39 Å². The number of nitrogens with zero attached hydrogens (tertiary/aromatic N) is 2. The van der Waals surface area contributed by atoms with Crippen LogP contribution in [-0.2, 0) is 11.3 Å². The van der Waals surface area contributed by atoms with Crippen LogP contribution in [0.15, 0.2) is 42.5 Å². The van der Waals surface area contributed by atoms with E-state index in [9.17, 15) is 9.18 Å². The molecule has 0 bridgehead atoms. The molecule has 0 N–H and O–H groups in total. The van der Waals surface area contributed by atoms with Crippen LogP contribution in [0.4, 0.5) is 4.39 Å². The van der Waals surface area contributed by atoms with Gasteiger partial charge in [-0.3, -0.25) is 9.69 Å². The number of piperazine rings is 1. The Hall–Kier alpha value is -1.82. The number of hydrogen-bond donors (Lipinski definition) is 0. The average molecular weight is 425 g/mol. The molecule has 0 spiro atoms. The number of carbonyl (C=O) groups is 1. The fourth-order valence-electron chi connectivity index (χ4n) is 3.41. The quantitative estimate of drug-likeness (QED) is 0.700. The molecule has 1 aliphatic rings. The number of benzene rings is 2. The highest BCUT2D eigenvalue weighted by molar-refractivity contribution is 6.42. The molecule has 1 fully saturated rings. The van der Waals surface area contributed by atoms with Crippen molar-refractivity contribution >= 4 is 29.1 Å². The maximum Gasteiger partial charge on any atom is 0.260 e. The van der Waals surface area contributed by atoms with Crippen LogP contribution in [0.3, 0.4) is 0 Å². The zero-order valence-corrected chi connectivity index (χ0v) is 17.4. The third-order valence-corrected chi connectivity index (χ3v) is 5.80. The fourth-order valence-corrected chi connectivity index (χ4v) is 3.75. The van der Waals surface area contributed by atoms with E-state index >= 15 is 0 Å². The normalized spacial score (nSPS) is 20.2. The molecule has 4 nitrogen and oxygen atoms in total. The lowest BCUT2D eigenvalue weighted by Gasteiger charge is -2.44. The van der Waals surface area contributed by atoms with Crippen molar-refractivity contribution in [1.29, 1.82) is 0 Å². The van der Waals surface area contributed by atoms with Crippen LogP contribution in [0.1, 0.15) is 19.4 Å². The number of halogens is 3. The first kappa shape index (κ1) is 20.9. The monoisotopic (exact) mass is 424 g/mol. The number of ether oxygens (including phenoxy) is 1. The molecule has 3 rings (SSSR count). The van der Waals surface area contributed by atoms with E-state index < -0.39 is 0 Å². The number of carbonyl (C=O) groups excluding carboxylic acids is 1. The van der Waals surface area contributed by atoms with Crippen molar-refractivity contribution in [1.82, 2.24) is 9.80 Å². The Morgan fingerprint density at radius 2 is 1.82 bits per heavy atom. The van der Waals surface area contributed by atoms with Crippen LogP contribution < -0.4 is 4.74 Å². The van der Waals surface area contributed by atoms with Gasteiger partial charge in [0.25, 0.3) is 5.91 Å². The van der Waals surface area contributed by atoms with Gasteiger partial charge < -0.3 is 9.64 Å². The van der Waals surface area contributed by atoms with Crippen molar-refractivity contribution in [2.75, 3.05) is 19.7 Å². The highest BCUT2D eigenvalue weighted by Crippen LogP contribution is 2.31. The van der Waals surface area contributed by atoms with Crippen molar-refractivity contribution in [2.45, 2.75) is 32.5 Å². The third-order valence-electron chi connectivity index (χ3n) is 5.00. The maximum absolute atomic E-state index is 13.1. The van der Waals surface area contributed by atoms with Crippen LogP contribution in [0.5, 0.6) is 5.75 Å². The van der Waals surface area contributed by atoms with E-state index in [1.807, 2.05) is 11.8 Å². The predicted molar refractivity (Wildman–Crippen MR) is 109 cm³/mol. The molecule has 0 aromatic heterocycles. The standard InChI is InChI=1S/C21H23Cl2FN2O2/c1-14-11-26(20(27)13-28-19-5-3-4-18(22)21(19)23)15(2)10-25(14)12-16-6-8-17(24)9-7-16/h3-9,14-15H,10-13H2,1-2H3/t14-,15+/m0/s1. The second kappa shape index (κ2) is 9.12. The summed E-state index contributed by atoms with van der Waals surface area (Å²) in [6.45, 7) is 6.09. The first-order chi connectivity index (χ1) is 13.3. The third kappa shape index (κ3) is 4.96. The first-order valence-electron chi connectivity index (χ1n) is 9.20. The molecule has 0 radical (unpaired) electrons. The van der Waals surface area contributed by atoms with Gasteiger partial charge in [0.05, 0.1) is 5.02 Å². The van der Waals surface area contributed by atoms with Crippen molar-refractivity contribution in [3.05, 3.63) is 63.9 Å². The topological polar surface area (TPSA) is 32.8 Å². The molecular formula is C21H23Cl2FN2O2. The summed E-state index contributed by atoms with van der Waals surface area (Å²) in [5.41, 5.74) is 1.05. The molecule has 1 aliphatic heterocycles. The van der Waals surface area contributed by atoms with Gasteiger partial charge in [0.1, 0.15) is 16.6 Å². The maximum atomic E-state index is 13.1. The van der Waals surface area contributed by atoms with Gasteiger partial charge in [0.15, 0.2) is 6.61 Å². The molecule has 1 saturated heterocycles. The molecule has 1 heterocycles. The van der Waals surface area contributed by atoms with E-state index in [-0.39, 0.29) is 30.4 Å². The summed E-state index contributed by atoms with van der Waals surface area (Å²) < 4.78 is 18.7. The summed E-state index contributed by atoms with van der Waals surface area (Å²) in [5.74, 6) is 0.0791. The SMILES string of the molecule is C[C@@H]1CN(Cc2ccc(F)cc2)[C@@H](C)CN1C(=O)COc1cccc(Cl)c1Cl. The largest absolute Gasteiger partial charge is 0.482 e. The summed E-state index contributed by atoms with van der Waals surface area (Å²) in [5, 5.41) is 0.700. The Morgan fingerprint density at radius 3 is 2.54 bits per heavy atom. The van der Waals surface area contributed by atoms with E-state index in [4.69, 9.17) is 27.9 Å². The van der Waals surface area contributed by atoms with Crippen LogP contribution >= 0.6 is 23.2 Å². The second-order valence-corrected chi connectivity index (χ2v) is 7.93. The van der Waals surface area contributed by atoms with Crippen molar-refractivity contribution in [3.63, 3.8) is 0 Å².